The number of piperazine rings is 1. The Morgan fingerprint density at radius 3 is 2.49 bits per heavy atom. The quantitative estimate of drug-likeness (QED) is 0.438. The molecule has 2 aromatic carbocycles. The minimum Gasteiger partial charge on any atom is -0.369 e. The summed E-state index contributed by atoms with van der Waals surface area (Å²) in [5.41, 5.74) is 5.47. The van der Waals surface area contributed by atoms with Crippen LogP contribution in [0.5, 0.6) is 0 Å². The number of fused-ring (bicyclic) bond motifs is 1. The molecule has 1 saturated heterocycles. The summed E-state index contributed by atoms with van der Waals surface area (Å²) >= 11 is 0. The number of benzene rings is 2. The number of pyridine rings is 1. The first kappa shape index (κ1) is 23.0. The molecule has 3 heterocycles. The van der Waals surface area contributed by atoms with Crippen molar-refractivity contribution in [2.24, 2.45) is 0 Å². The molecule has 0 aliphatic carbocycles. The van der Waals surface area contributed by atoms with E-state index in [0.29, 0.717) is 33.6 Å². The molecule has 180 valence electrons. The number of carbonyl (C=O) groups is 1. The van der Waals surface area contributed by atoms with E-state index in [2.05, 4.69) is 45.2 Å². The third-order valence-electron chi connectivity index (χ3n) is 6.62. The lowest BCUT2D eigenvalue weighted by Gasteiger charge is -2.36. The van der Waals surface area contributed by atoms with Gasteiger partial charge in [-0.1, -0.05) is 12.1 Å². The topological polar surface area (TPSA) is 74.5 Å². The molecule has 0 bridgehead atoms. The first-order chi connectivity index (χ1) is 16.9. The van der Waals surface area contributed by atoms with Gasteiger partial charge in [0.2, 0.25) is 0 Å². The molecule has 0 unspecified atom stereocenters. The molecule has 0 atom stereocenters. The first-order valence-electron chi connectivity index (χ1n) is 11.8. The van der Waals surface area contributed by atoms with Crippen LogP contribution in [0.1, 0.15) is 28.5 Å². The normalized spacial score (nSPS) is 14.5. The number of nitrogens with one attached hydrogen (secondary N) is 1. The van der Waals surface area contributed by atoms with Crippen molar-refractivity contribution in [1.82, 2.24) is 15.0 Å². The van der Waals surface area contributed by atoms with Crippen molar-refractivity contribution in [3.63, 3.8) is 0 Å². The van der Waals surface area contributed by atoms with Crippen LogP contribution >= 0.6 is 0 Å². The zero-order valence-electron chi connectivity index (χ0n) is 20.1. The van der Waals surface area contributed by atoms with Crippen LogP contribution in [0.2, 0.25) is 0 Å². The highest BCUT2D eigenvalue weighted by Gasteiger charge is 2.21. The van der Waals surface area contributed by atoms with E-state index in [1.54, 1.807) is 25.1 Å². The van der Waals surface area contributed by atoms with Gasteiger partial charge in [-0.2, -0.15) is 0 Å². The summed E-state index contributed by atoms with van der Waals surface area (Å²) in [6.07, 6.45) is 0. The van der Waals surface area contributed by atoms with Crippen LogP contribution in [0.15, 0.2) is 53.1 Å². The van der Waals surface area contributed by atoms with Gasteiger partial charge in [0.15, 0.2) is 0 Å². The summed E-state index contributed by atoms with van der Waals surface area (Å²) in [5.74, 6) is -0.620. The van der Waals surface area contributed by atoms with Crippen LogP contribution in [0.25, 0.3) is 22.4 Å². The number of carbonyl (C=O) groups excluding carboxylic acids is 1. The Morgan fingerprint density at radius 2 is 1.80 bits per heavy atom. The van der Waals surface area contributed by atoms with E-state index in [9.17, 15) is 9.18 Å². The fraction of sp³-hybridized carbons (Fsp3) is 0.296. The monoisotopic (exact) mass is 473 g/mol. The fourth-order valence-corrected chi connectivity index (χ4v) is 4.63. The Bertz CT molecular complexity index is 1370. The second-order valence-electron chi connectivity index (χ2n) is 8.89. The second kappa shape index (κ2) is 9.46. The maximum absolute atomic E-state index is 13.4. The van der Waals surface area contributed by atoms with Crippen LogP contribution in [0.4, 0.5) is 15.8 Å². The second-order valence-corrected chi connectivity index (χ2v) is 8.89. The van der Waals surface area contributed by atoms with E-state index in [1.165, 1.54) is 17.8 Å². The van der Waals surface area contributed by atoms with E-state index in [4.69, 9.17) is 4.52 Å². The summed E-state index contributed by atoms with van der Waals surface area (Å²) in [4.78, 5) is 22.7. The Morgan fingerprint density at radius 1 is 1.06 bits per heavy atom. The van der Waals surface area contributed by atoms with Crippen LogP contribution in [0.3, 0.4) is 0 Å². The van der Waals surface area contributed by atoms with Gasteiger partial charge in [0.25, 0.3) is 11.6 Å². The number of aryl methyl sites for hydroxylation is 2. The van der Waals surface area contributed by atoms with Crippen molar-refractivity contribution in [3.05, 3.63) is 71.2 Å². The van der Waals surface area contributed by atoms with Gasteiger partial charge in [-0.15, -0.1) is 0 Å². The number of aromatic nitrogens is 2. The minimum absolute atomic E-state index is 0.271. The molecule has 0 saturated carbocycles. The van der Waals surface area contributed by atoms with Gasteiger partial charge < -0.3 is 19.6 Å². The molecule has 0 radical (unpaired) electrons. The highest BCUT2D eigenvalue weighted by Crippen LogP contribution is 2.29. The summed E-state index contributed by atoms with van der Waals surface area (Å²) in [6, 6.07) is 13.7. The Balaban J connectivity index is 1.42. The lowest BCUT2D eigenvalue weighted by Crippen LogP contribution is -2.46. The predicted octanol–water partition coefficient (Wildman–Crippen LogP) is 5.04. The van der Waals surface area contributed by atoms with E-state index in [1.807, 2.05) is 12.1 Å². The van der Waals surface area contributed by atoms with Gasteiger partial charge in [0.1, 0.15) is 5.82 Å². The standard InChI is InChI=1S/C27H28FN5O2/c1-4-32-11-13-33(14-12-32)24-10-9-21(15-17(24)2)29-26(34)22-16-23(19-5-7-20(28)8-6-19)30-27-25(22)18(3)31-35-27/h5-10,15-16H,4,11-14H2,1-3H3,(H,29,34). The average Bonchev–Trinajstić information content (AvgIpc) is 3.25. The zero-order chi connectivity index (χ0) is 24.5. The molecule has 1 aliphatic rings. The Kier molecular flexibility index (Phi) is 6.21. The van der Waals surface area contributed by atoms with E-state index < -0.39 is 0 Å². The maximum atomic E-state index is 13.4. The molecule has 35 heavy (non-hydrogen) atoms. The van der Waals surface area contributed by atoms with Crippen molar-refractivity contribution in [2.45, 2.75) is 20.8 Å². The molecule has 4 aromatic rings. The fourth-order valence-electron chi connectivity index (χ4n) is 4.63. The largest absolute Gasteiger partial charge is 0.369 e. The third-order valence-corrected chi connectivity index (χ3v) is 6.62. The molecule has 2 aromatic heterocycles. The van der Waals surface area contributed by atoms with Gasteiger partial charge in [0.05, 0.1) is 22.3 Å². The molecule has 1 amide bonds. The van der Waals surface area contributed by atoms with Crippen molar-refractivity contribution < 1.29 is 13.7 Å². The Labute approximate surface area is 203 Å². The van der Waals surface area contributed by atoms with E-state index in [0.717, 1.165) is 38.3 Å². The molecule has 8 heteroatoms. The molecule has 7 nitrogen and oxygen atoms in total. The molecule has 1 N–H and O–H groups in total. The van der Waals surface area contributed by atoms with Crippen LogP contribution in [-0.2, 0) is 0 Å². The van der Waals surface area contributed by atoms with Gasteiger partial charge >= 0.3 is 0 Å². The number of anilines is 2. The minimum atomic E-state index is -0.339. The number of likely N-dealkylation sites (N-methyl/N-ethyl adjacent to an activating group) is 1. The number of hydrogen-bond acceptors (Lipinski definition) is 6. The van der Waals surface area contributed by atoms with E-state index >= 15 is 0 Å². The Hall–Kier alpha value is -3.78. The number of nitrogens with zero attached hydrogens (tertiary/aromatic N) is 4. The lowest BCUT2D eigenvalue weighted by atomic mass is 10.0. The summed E-state index contributed by atoms with van der Waals surface area (Å²) in [6.45, 7) is 11.2. The van der Waals surface area contributed by atoms with Gasteiger partial charge in [-0.3, -0.25) is 4.79 Å². The third kappa shape index (κ3) is 4.61. The molecule has 1 fully saturated rings. The highest BCUT2D eigenvalue weighted by atomic mass is 19.1. The van der Waals surface area contributed by atoms with Crippen molar-refractivity contribution in [2.75, 3.05) is 42.9 Å². The smallest absolute Gasteiger partial charge is 0.259 e. The highest BCUT2D eigenvalue weighted by molar-refractivity contribution is 6.13. The van der Waals surface area contributed by atoms with E-state index in [-0.39, 0.29) is 17.4 Å². The SMILES string of the molecule is CCN1CCN(c2ccc(NC(=O)c3cc(-c4ccc(F)cc4)nc4onc(C)c34)cc2C)CC1. The van der Waals surface area contributed by atoms with Gasteiger partial charge in [-0.25, -0.2) is 9.37 Å². The average molecular weight is 474 g/mol. The number of rotatable bonds is 5. The number of amides is 1. The lowest BCUT2D eigenvalue weighted by molar-refractivity contribution is 0.102. The first-order valence-corrected chi connectivity index (χ1v) is 11.8. The molecule has 0 spiro atoms. The molecular formula is C27H28FN5O2. The van der Waals surface area contributed by atoms with Gasteiger partial charge in [-0.05, 0) is 74.5 Å². The number of hydrogen-bond donors (Lipinski definition) is 1. The summed E-state index contributed by atoms with van der Waals surface area (Å²) in [7, 11) is 0. The molecular weight excluding hydrogens is 445 g/mol. The molecule has 1 aliphatic heterocycles. The van der Waals surface area contributed by atoms with Crippen molar-refractivity contribution >= 4 is 28.4 Å². The molecule has 5 rings (SSSR count). The van der Waals surface area contributed by atoms with Crippen molar-refractivity contribution in [3.8, 4) is 11.3 Å². The van der Waals surface area contributed by atoms with Gasteiger partial charge in [0, 0.05) is 43.1 Å². The zero-order valence-corrected chi connectivity index (χ0v) is 20.1. The number of halogens is 1. The summed E-state index contributed by atoms with van der Waals surface area (Å²) < 4.78 is 18.8. The predicted molar refractivity (Wildman–Crippen MR) is 135 cm³/mol. The van der Waals surface area contributed by atoms with Crippen molar-refractivity contribution in [1.29, 1.82) is 0 Å². The van der Waals surface area contributed by atoms with Crippen LogP contribution in [-0.4, -0.2) is 53.7 Å². The maximum Gasteiger partial charge on any atom is 0.259 e. The summed E-state index contributed by atoms with van der Waals surface area (Å²) in [5, 5.41) is 7.58. The van der Waals surface area contributed by atoms with Crippen LogP contribution in [0, 0.1) is 19.7 Å². The van der Waals surface area contributed by atoms with Crippen LogP contribution < -0.4 is 10.2 Å².